The van der Waals surface area contributed by atoms with Gasteiger partial charge in [0.2, 0.25) is 0 Å². The van der Waals surface area contributed by atoms with Gasteiger partial charge in [0, 0.05) is 56.4 Å². The van der Waals surface area contributed by atoms with Crippen LogP contribution in [0.4, 0.5) is 11.5 Å². The Morgan fingerprint density at radius 2 is 1.85 bits per heavy atom. The van der Waals surface area contributed by atoms with E-state index in [-0.39, 0.29) is 0 Å². The van der Waals surface area contributed by atoms with Gasteiger partial charge in [-0.25, -0.2) is 9.97 Å². The van der Waals surface area contributed by atoms with Crippen LogP contribution in [-0.2, 0) is 0 Å². The molecule has 0 saturated carbocycles. The number of methoxy groups -OCH3 is 1. The Kier molecular flexibility index (Phi) is 6.32. The number of aromatic nitrogens is 2. The van der Waals surface area contributed by atoms with Crippen molar-refractivity contribution in [1.29, 1.82) is 0 Å². The van der Waals surface area contributed by atoms with Crippen LogP contribution in [0, 0.1) is 0 Å². The molecule has 174 valence electrons. The Morgan fingerprint density at radius 3 is 2.67 bits per heavy atom. The van der Waals surface area contributed by atoms with Gasteiger partial charge in [0.1, 0.15) is 31.1 Å². The number of benzene rings is 2. The topological polar surface area (TPSA) is 92.2 Å². The summed E-state index contributed by atoms with van der Waals surface area (Å²) in [4.78, 5) is 13.5. The first-order valence-corrected chi connectivity index (χ1v) is 11.3. The number of aliphatic hydroxyl groups is 1. The van der Waals surface area contributed by atoms with Crippen molar-refractivity contribution in [2.24, 2.45) is 0 Å². The van der Waals surface area contributed by atoms with Crippen LogP contribution in [0.3, 0.4) is 0 Å². The summed E-state index contributed by atoms with van der Waals surface area (Å²) in [7, 11) is 1.66. The number of anilines is 2. The molecule has 0 bridgehead atoms. The van der Waals surface area contributed by atoms with Crippen molar-refractivity contribution in [2.45, 2.75) is 6.10 Å². The summed E-state index contributed by atoms with van der Waals surface area (Å²) in [6, 6.07) is 11.6. The van der Waals surface area contributed by atoms with Crippen LogP contribution in [0.15, 0.2) is 42.7 Å². The second-order valence-electron chi connectivity index (χ2n) is 8.26. The zero-order valence-corrected chi connectivity index (χ0v) is 18.7. The van der Waals surface area contributed by atoms with E-state index in [1.807, 2.05) is 36.4 Å². The van der Waals surface area contributed by atoms with E-state index >= 15 is 0 Å². The Morgan fingerprint density at radius 1 is 1.03 bits per heavy atom. The minimum atomic E-state index is -0.478. The number of β-amino-alcohol motifs (C(OH)–C–C–N with tert-alkyl or cyclic N) is 1. The fraction of sp³-hybridized carbons (Fsp3) is 0.417. The number of ether oxygens (including phenoxy) is 3. The lowest BCUT2D eigenvalue weighted by atomic mass is 10.2. The molecule has 5 rings (SSSR count). The summed E-state index contributed by atoms with van der Waals surface area (Å²) in [6.07, 6.45) is 1.14. The molecule has 1 aromatic heterocycles. The van der Waals surface area contributed by atoms with Crippen molar-refractivity contribution in [2.75, 3.05) is 69.8 Å². The lowest BCUT2D eigenvalue weighted by molar-refractivity contribution is 0.118. The quantitative estimate of drug-likeness (QED) is 0.560. The maximum atomic E-state index is 10.6. The van der Waals surface area contributed by atoms with Crippen LogP contribution in [0.25, 0.3) is 10.9 Å². The standard InChI is InChI=1S/C24H29N5O4/c1-31-19-3-4-21-20(13-19)24(27-16-26-21)29-8-6-28(7-9-29)15-18(30)14-25-17-2-5-22-23(12-17)33-11-10-32-22/h2-5,12-13,16,18,25,30H,6-11,14-15H2,1H3. The SMILES string of the molecule is COc1ccc2ncnc(N3CCN(CC(O)CNc4ccc5c(c4)OCCO5)CC3)c2c1. The van der Waals surface area contributed by atoms with Gasteiger partial charge < -0.3 is 29.5 Å². The summed E-state index contributed by atoms with van der Waals surface area (Å²) in [5.41, 5.74) is 1.82. The van der Waals surface area contributed by atoms with Gasteiger partial charge in [0.05, 0.1) is 18.7 Å². The molecule has 0 spiro atoms. The Balaban J connectivity index is 1.14. The molecule has 9 heteroatoms. The van der Waals surface area contributed by atoms with E-state index in [1.54, 1.807) is 13.4 Å². The molecule has 2 aliphatic heterocycles. The van der Waals surface area contributed by atoms with Crippen LogP contribution in [0.1, 0.15) is 0 Å². The van der Waals surface area contributed by atoms with Crippen LogP contribution in [0.5, 0.6) is 17.2 Å². The monoisotopic (exact) mass is 451 g/mol. The van der Waals surface area contributed by atoms with Crippen LogP contribution >= 0.6 is 0 Å². The lowest BCUT2D eigenvalue weighted by Gasteiger charge is -2.36. The fourth-order valence-corrected chi connectivity index (χ4v) is 4.29. The maximum Gasteiger partial charge on any atom is 0.163 e. The number of nitrogens with one attached hydrogen (secondary N) is 1. The molecule has 1 saturated heterocycles. The predicted octanol–water partition coefficient (Wildman–Crippen LogP) is 2.00. The van der Waals surface area contributed by atoms with Crippen LogP contribution in [-0.4, -0.2) is 85.7 Å². The van der Waals surface area contributed by atoms with Gasteiger partial charge >= 0.3 is 0 Å². The highest BCUT2D eigenvalue weighted by molar-refractivity contribution is 5.90. The molecule has 1 fully saturated rings. The van der Waals surface area contributed by atoms with Crippen molar-refractivity contribution < 1.29 is 19.3 Å². The molecule has 1 unspecified atom stereocenters. The molecule has 3 heterocycles. The van der Waals surface area contributed by atoms with E-state index in [0.29, 0.717) is 26.3 Å². The van der Waals surface area contributed by atoms with Crippen LogP contribution < -0.4 is 24.4 Å². The molecule has 2 aromatic carbocycles. The van der Waals surface area contributed by atoms with E-state index in [2.05, 4.69) is 25.1 Å². The van der Waals surface area contributed by atoms with Crippen molar-refractivity contribution in [3.8, 4) is 17.2 Å². The molecule has 2 N–H and O–H groups in total. The number of nitrogens with zero attached hydrogens (tertiary/aromatic N) is 4. The number of fused-ring (bicyclic) bond motifs is 2. The third-order valence-corrected chi connectivity index (χ3v) is 6.05. The number of hydrogen-bond donors (Lipinski definition) is 2. The summed E-state index contributed by atoms with van der Waals surface area (Å²) in [6.45, 7) is 5.61. The summed E-state index contributed by atoms with van der Waals surface area (Å²) in [5.74, 6) is 3.23. The second kappa shape index (κ2) is 9.68. The Labute approximate surface area is 192 Å². The number of piperazine rings is 1. The third kappa shape index (κ3) is 4.89. The molecule has 0 aliphatic carbocycles. The van der Waals surface area contributed by atoms with E-state index < -0.39 is 6.10 Å². The van der Waals surface area contributed by atoms with E-state index in [9.17, 15) is 5.11 Å². The molecule has 3 aromatic rings. The maximum absolute atomic E-state index is 10.6. The molecule has 33 heavy (non-hydrogen) atoms. The zero-order chi connectivity index (χ0) is 22.6. The van der Waals surface area contributed by atoms with E-state index in [4.69, 9.17) is 14.2 Å². The highest BCUT2D eigenvalue weighted by Crippen LogP contribution is 2.32. The first-order chi connectivity index (χ1) is 16.2. The van der Waals surface area contributed by atoms with Crippen LogP contribution in [0.2, 0.25) is 0 Å². The molecular formula is C24H29N5O4. The number of aliphatic hydroxyl groups excluding tert-OH is 1. The summed E-state index contributed by atoms with van der Waals surface area (Å²) >= 11 is 0. The van der Waals surface area contributed by atoms with Crippen molar-refractivity contribution in [1.82, 2.24) is 14.9 Å². The smallest absolute Gasteiger partial charge is 0.163 e. The normalized spacial score (nSPS) is 17.1. The molecule has 2 aliphatic rings. The van der Waals surface area contributed by atoms with Gasteiger partial charge in [-0.15, -0.1) is 0 Å². The highest BCUT2D eigenvalue weighted by atomic mass is 16.6. The van der Waals surface area contributed by atoms with E-state index in [1.165, 1.54) is 0 Å². The Hall–Kier alpha value is -3.30. The van der Waals surface area contributed by atoms with Gasteiger partial charge in [-0.1, -0.05) is 0 Å². The summed E-state index contributed by atoms with van der Waals surface area (Å²) < 4.78 is 16.6. The first-order valence-electron chi connectivity index (χ1n) is 11.3. The fourth-order valence-electron chi connectivity index (χ4n) is 4.29. The zero-order valence-electron chi connectivity index (χ0n) is 18.7. The second-order valence-corrected chi connectivity index (χ2v) is 8.26. The van der Waals surface area contributed by atoms with Gasteiger partial charge in [0.25, 0.3) is 0 Å². The number of hydrogen-bond acceptors (Lipinski definition) is 9. The van der Waals surface area contributed by atoms with Gasteiger partial charge in [0.15, 0.2) is 11.5 Å². The lowest BCUT2D eigenvalue weighted by Crippen LogP contribution is -2.49. The van der Waals surface area contributed by atoms with Crippen molar-refractivity contribution in [3.63, 3.8) is 0 Å². The van der Waals surface area contributed by atoms with E-state index in [0.717, 1.165) is 65.8 Å². The first kappa shape index (κ1) is 21.5. The molecule has 9 nitrogen and oxygen atoms in total. The average Bonchev–Trinajstić information content (AvgIpc) is 2.87. The van der Waals surface area contributed by atoms with Crippen molar-refractivity contribution >= 4 is 22.4 Å². The predicted molar refractivity (Wildman–Crippen MR) is 127 cm³/mol. The number of rotatable bonds is 7. The van der Waals surface area contributed by atoms with Crippen molar-refractivity contribution in [3.05, 3.63) is 42.7 Å². The third-order valence-electron chi connectivity index (χ3n) is 6.05. The average molecular weight is 452 g/mol. The largest absolute Gasteiger partial charge is 0.497 e. The summed E-state index contributed by atoms with van der Waals surface area (Å²) in [5, 5.41) is 14.9. The molecular weight excluding hydrogens is 422 g/mol. The molecule has 0 radical (unpaired) electrons. The van der Waals surface area contributed by atoms with Gasteiger partial charge in [-0.2, -0.15) is 0 Å². The minimum absolute atomic E-state index is 0.468. The van der Waals surface area contributed by atoms with Gasteiger partial charge in [-0.3, -0.25) is 4.90 Å². The molecule has 1 atom stereocenters. The van der Waals surface area contributed by atoms with Gasteiger partial charge in [-0.05, 0) is 30.3 Å². The minimum Gasteiger partial charge on any atom is -0.497 e. The molecule has 0 amide bonds. The Bertz CT molecular complexity index is 1100. The highest BCUT2D eigenvalue weighted by Gasteiger charge is 2.22.